The summed E-state index contributed by atoms with van der Waals surface area (Å²) in [5.41, 5.74) is -0.160. The Hall–Kier alpha value is -2.94. The number of carbonyl (C=O) groups is 2. The predicted molar refractivity (Wildman–Crippen MR) is 113 cm³/mol. The molecule has 0 radical (unpaired) electrons. The maximum Gasteiger partial charge on any atom is 0.321 e. The van der Waals surface area contributed by atoms with Crippen LogP contribution in [0, 0.1) is 11.7 Å². The summed E-state index contributed by atoms with van der Waals surface area (Å²) in [6.07, 6.45) is 4.07. The second-order valence-electron chi connectivity index (χ2n) is 8.57. The van der Waals surface area contributed by atoms with Gasteiger partial charge in [-0.2, -0.15) is 0 Å². The van der Waals surface area contributed by atoms with Gasteiger partial charge < -0.3 is 24.8 Å². The van der Waals surface area contributed by atoms with Gasteiger partial charge in [-0.1, -0.05) is 13.8 Å². The number of carbonyl (C=O) groups excluding carboxylic acids is 2. The van der Waals surface area contributed by atoms with Crippen molar-refractivity contribution >= 4 is 17.6 Å². The Balaban J connectivity index is 1.43. The first-order valence-electron chi connectivity index (χ1n) is 10.6. The molecule has 0 unspecified atom stereocenters. The number of nitrogens with zero attached hydrogens (tertiary/aromatic N) is 3. The maximum absolute atomic E-state index is 13.1. The second kappa shape index (κ2) is 8.66. The van der Waals surface area contributed by atoms with E-state index >= 15 is 0 Å². The fraction of sp³-hybridized carbons (Fsp3) is 0.500. The lowest BCUT2D eigenvalue weighted by molar-refractivity contribution is -0.171. The largest absolute Gasteiger partial charge is 0.354 e. The minimum absolute atomic E-state index is 0.121. The van der Waals surface area contributed by atoms with Crippen LogP contribution < -0.4 is 10.6 Å². The van der Waals surface area contributed by atoms with Crippen LogP contribution in [0.1, 0.15) is 32.5 Å². The molecule has 4 rings (SSSR count). The molecule has 1 aromatic heterocycles. The van der Waals surface area contributed by atoms with Crippen LogP contribution in [-0.2, 0) is 21.7 Å². The van der Waals surface area contributed by atoms with Crippen LogP contribution in [0.2, 0.25) is 0 Å². The number of benzene rings is 1. The van der Waals surface area contributed by atoms with E-state index in [1.54, 1.807) is 11.1 Å². The molecule has 3 amide bonds. The van der Waals surface area contributed by atoms with Crippen molar-refractivity contribution in [3.63, 3.8) is 0 Å². The van der Waals surface area contributed by atoms with Gasteiger partial charge in [0.1, 0.15) is 17.2 Å². The van der Waals surface area contributed by atoms with E-state index in [0.717, 1.165) is 5.82 Å². The normalized spacial score (nSPS) is 19.9. The van der Waals surface area contributed by atoms with E-state index in [-0.39, 0.29) is 17.8 Å². The number of nitrogens with one attached hydrogen (secondary N) is 2. The number of hydrogen-bond acceptors (Lipinski definition) is 4. The molecule has 1 saturated heterocycles. The van der Waals surface area contributed by atoms with E-state index in [2.05, 4.69) is 15.6 Å². The molecular weight excluding hydrogens is 401 g/mol. The van der Waals surface area contributed by atoms with Gasteiger partial charge in [-0.25, -0.2) is 14.2 Å². The third kappa shape index (κ3) is 4.56. The number of urea groups is 1. The third-order valence-electron chi connectivity index (χ3n) is 5.78. The van der Waals surface area contributed by atoms with Crippen LogP contribution in [0.5, 0.6) is 0 Å². The smallest absolute Gasteiger partial charge is 0.321 e. The highest BCUT2D eigenvalue weighted by Gasteiger charge is 2.47. The molecule has 1 spiro atoms. The maximum atomic E-state index is 13.1. The first kappa shape index (κ1) is 21.3. The van der Waals surface area contributed by atoms with Gasteiger partial charge in [0.15, 0.2) is 6.10 Å². The molecule has 0 bridgehead atoms. The number of piperidine rings is 1. The number of rotatable bonds is 4. The van der Waals surface area contributed by atoms with Crippen LogP contribution in [0.4, 0.5) is 14.9 Å². The highest BCUT2D eigenvalue weighted by molar-refractivity contribution is 5.89. The number of anilines is 1. The van der Waals surface area contributed by atoms with Crippen molar-refractivity contribution in [2.24, 2.45) is 5.92 Å². The lowest BCUT2D eigenvalue weighted by Gasteiger charge is -2.45. The lowest BCUT2D eigenvalue weighted by Crippen LogP contribution is -2.55. The monoisotopic (exact) mass is 429 g/mol. The molecule has 2 N–H and O–H groups in total. The first-order valence-corrected chi connectivity index (χ1v) is 10.6. The van der Waals surface area contributed by atoms with E-state index in [1.807, 2.05) is 24.6 Å². The van der Waals surface area contributed by atoms with Crippen molar-refractivity contribution < 1.29 is 18.7 Å². The van der Waals surface area contributed by atoms with Crippen molar-refractivity contribution in [3.05, 3.63) is 48.3 Å². The van der Waals surface area contributed by atoms with Gasteiger partial charge in [0.25, 0.3) is 5.91 Å². The first-order chi connectivity index (χ1) is 14.9. The van der Waals surface area contributed by atoms with E-state index in [4.69, 9.17) is 4.74 Å². The fourth-order valence-electron chi connectivity index (χ4n) is 4.10. The summed E-state index contributed by atoms with van der Waals surface area (Å²) in [5, 5.41) is 5.75. The van der Waals surface area contributed by atoms with Crippen molar-refractivity contribution in [2.75, 3.05) is 25.0 Å². The Morgan fingerprint density at radius 2 is 1.97 bits per heavy atom. The molecule has 1 aromatic carbocycles. The van der Waals surface area contributed by atoms with Crippen molar-refractivity contribution in [2.45, 2.75) is 44.9 Å². The number of imidazole rings is 1. The van der Waals surface area contributed by atoms with Gasteiger partial charge in [0.05, 0.1) is 6.54 Å². The molecule has 2 aliphatic rings. The van der Waals surface area contributed by atoms with Gasteiger partial charge in [0.2, 0.25) is 0 Å². The van der Waals surface area contributed by atoms with Crippen LogP contribution in [0.15, 0.2) is 36.7 Å². The van der Waals surface area contributed by atoms with E-state index in [0.29, 0.717) is 50.6 Å². The minimum atomic E-state index is -0.700. The summed E-state index contributed by atoms with van der Waals surface area (Å²) in [4.78, 5) is 31.5. The fourth-order valence-corrected chi connectivity index (χ4v) is 4.10. The van der Waals surface area contributed by atoms with Crippen LogP contribution in [0.3, 0.4) is 0 Å². The lowest BCUT2D eigenvalue weighted by atomic mass is 9.88. The predicted octanol–water partition coefficient (Wildman–Crippen LogP) is 2.72. The number of fused-ring (bicyclic) bond motifs is 2. The number of amides is 3. The number of hydrogen-bond donors (Lipinski definition) is 2. The Kier molecular flexibility index (Phi) is 5.95. The Morgan fingerprint density at radius 3 is 2.65 bits per heavy atom. The molecule has 1 atom stereocenters. The molecule has 31 heavy (non-hydrogen) atoms. The summed E-state index contributed by atoms with van der Waals surface area (Å²) in [5.74, 6) is 0.686. The summed E-state index contributed by atoms with van der Waals surface area (Å²) in [6.45, 7) is 6.03. The molecule has 2 aromatic rings. The number of likely N-dealkylation sites (tertiary alicyclic amines) is 1. The molecule has 3 heterocycles. The molecule has 166 valence electrons. The SMILES string of the molecule is CC(C)CNC(=O)[C@H]1Cn2ccnc2C2(CCN(C(=O)Nc3ccc(F)cc3)CC2)O1. The van der Waals surface area contributed by atoms with Crippen LogP contribution in [0.25, 0.3) is 0 Å². The highest BCUT2D eigenvalue weighted by Crippen LogP contribution is 2.40. The quantitative estimate of drug-likeness (QED) is 0.782. The number of halogens is 1. The second-order valence-corrected chi connectivity index (χ2v) is 8.57. The number of ether oxygens (including phenoxy) is 1. The number of aromatic nitrogens is 2. The van der Waals surface area contributed by atoms with E-state index < -0.39 is 11.7 Å². The Morgan fingerprint density at radius 1 is 1.26 bits per heavy atom. The van der Waals surface area contributed by atoms with Crippen LogP contribution >= 0.6 is 0 Å². The summed E-state index contributed by atoms with van der Waals surface area (Å²) < 4.78 is 21.4. The average Bonchev–Trinajstić information content (AvgIpc) is 3.24. The molecule has 0 saturated carbocycles. The van der Waals surface area contributed by atoms with Crippen molar-refractivity contribution in [1.82, 2.24) is 19.8 Å². The molecule has 0 aliphatic carbocycles. The van der Waals surface area contributed by atoms with Gasteiger partial charge in [0, 0.05) is 50.6 Å². The standard InChI is InChI=1S/C22H28FN5O3/c1-15(2)13-25-19(29)18-14-28-12-9-24-20(28)22(31-18)7-10-27(11-8-22)21(30)26-17-5-3-16(23)4-6-17/h3-6,9,12,15,18H,7-8,10-11,13-14H2,1-2H3,(H,25,29)(H,26,30)/t18-/m1/s1. The van der Waals surface area contributed by atoms with Crippen molar-refractivity contribution in [3.8, 4) is 0 Å². The topological polar surface area (TPSA) is 88.5 Å². The third-order valence-corrected chi connectivity index (χ3v) is 5.78. The Labute approximate surface area is 180 Å². The summed E-state index contributed by atoms with van der Waals surface area (Å²) >= 11 is 0. The van der Waals surface area contributed by atoms with Crippen LogP contribution in [-0.4, -0.2) is 52.1 Å². The average molecular weight is 429 g/mol. The summed E-state index contributed by atoms with van der Waals surface area (Å²) in [7, 11) is 0. The molecule has 9 heteroatoms. The van der Waals surface area contributed by atoms with Gasteiger partial charge in [-0.05, 0) is 30.2 Å². The highest BCUT2D eigenvalue weighted by atomic mass is 19.1. The molecule has 1 fully saturated rings. The minimum Gasteiger partial charge on any atom is -0.354 e. The molecular formula is C22H28FN5O3. The van der Waals surface area contributed by atoms with Gasteiger partial charge in [-0.3, -0.25) is 4.79 Å². The Bertz CT molecular complexity index is 935. The molecule has 2 aliphatic heterocycles. The van der Waals surface area contributed by atoms with Gasteiger partial charge >= 0.3 is 6.03 Å². The van der Waals surface area contributed by atoms with E-state index in [1.165, 1.54) is 24.3 Å². The molecule has 8 nitrogen and oxygen atoms in total. The van der Waals surface area contributed by atoms with E-state index in [9.17, 15) is 14.0 Å². The zero-order valence-corrected chi connectivity index (χ0v) is 17.8. The zero-order valence-electron chi connectivity index (χ0n) is 17.8. The van der Waals surface area contributed by atoms with Gasteiger partial charge in [-0.15, -0.1) is 0 Å². The van der Waals surface area contributed by atoms with Crippen molar-refractivity contribution in [1.29, 1.82) is 0 Å². The summed E-state index contributed by atoms with van der Waals surface area (Å²) in [6, 6.07) is 5.43. The zero-order chi connectivity index (χ0) is 22.0.